The molecule has 23 heavy (non-hydrogen) atoms. The smallest absolute Gasteiger partial charge is 0.291 e. The highest BCUT2D eigenvalue weighted by atomic mass is 79.9. The average molecular weight is 403 g/mol. The summed E-state index contributed by atoms with van der Waals surface area (Å²) in [6.07, 6.45) is 1.04. The van der Waals surface area contributed by atoms with Crippen molar-refractivity contribution < 1.29 is 22.4 Å². The summed E-state index contributed by atoms with van der Waals surface area (Å²) < 4.78 is 35.8. The molecule has 0 aliphatic rings. The number of rotatable bonds is 5. The van der Waals surface area contributed by atoms with Gasteiger partial charge in [-0.05, 0) is 41.1 Å². The van der Waals surface area contributed by atoms with Crippen molar-refractivity contribution in [2.45, 2.75) is 6.92 Å². The molecule has 0 bridgehead atoms. The first kappa shape index (κ1) is 17.4. The second-order valence-corrected chi connectivity index (χ2v) is 7.34. The molecular formula is C14H15BrN2O5S. The van der Waals surface area contributed by atoms with E-state index in [1.54, 1.807) is 19.1 Å². The lowest BCUT2D eigenvalue weighted by atomic mass is 10.2. The van der Waals surface area contributed by atoms with Crippen LogP contribution in [-0.4, -0.2) is 27.7 Å². The normalized spacial score (nSPS) is 11.1. The number of carbonyl (C=O) groups is 1. The maximum absolute atomic E-state index is 12.2. The van der Waals surface area contributed by atoms with Crippen LogP contribution in [0.4, 0.5) is 11.4 Å². The van der Waals surface area contributed by atoms with Gasteiger partial charge in [0.25, 0.3) is 5.91 Å². The number of sulfonamides is 1. The first-order valence-corrected chi connectivity index (χ1v) is 9.11. The molecule has 2 N–H and O–H groups in total. The number of nitrogens with one attached hydrogen (secondary N) is 2. The van der Waals surface area contributed by atoms with E-state index in [-0.39, 0.29) is 17.2 Å². The fraction of sp³-hybridized carbons (Fsp3) is 0.214. The Bertz CT molecular complexity index is 845. The minimum atomic E-state index is -3.43. The lowest BCUT2D eigenvalue weighted by molar-refractivity contribution is 0.0994. The molecule has 1 heterocycles. The molecule has 0 aliphatic heterocycles. The van der Waals surface area contributed by atoms with E-state index in [0.717, 1.165) is 6.26 Å². The average Bonchev–Trinajstić information content (AvgIpc) is 2.78. The van der Waals surface area contributed by atoms with Crippen LogP contribution in [0.1, 0.15) is 16.1 Å². The molecule has 0 saturated carbocycles. The molecule has 2 aromatic rings. The lowest BCUT2D eigenvalue weighted by Gasteiger charge is -2.12. The minimum Gasteiger partial charge on any atom is -0.494 e. The summed E-state index contributed by atoms with van der Waals surface area (Å²) in [5.41, 5.74) is 1.42. The molecule has 2 rings (SSSR count). The summed E-state index contributed by atoms with van der Waals surface area (Å²) >= 11 is 3.17. The van der Waals surface area contributed by atoms with Crippen LogP contribution >= 0.6 is 15.9 Å². The number of halogens is 1. The van der Waals surface area contributed by atoms with Gasteiger partial charge in [0.1, 0.15) is 5.75 Å². The van der Waals surface area contributed by atoms with Crippen molar-refractivity contribution >= 4 is 43.2 Å². The van der Waals surface area contributed by atoms with Gasteiger partial charge >= 0.3 is 0 Å². The van der Waals surface area contributed by atoms with Gasteiger partial charge in [-0.15, -0.1) is 0 Å². The molecule has 1 amide bonds. The molecule has 0 fully saturated rings. The van der Waals surface area contributed by atoms with Gasteiger partial charge in [0.05, 0.1) is 19.1 Å². The Hall–Kier alpha value is -2.00. The number of carbonyl (C=O) groups excluding carboxylic acids is 1. The Balaban J connectivity index is 2.24. The van der Waals surface area contributed by atoms with Crippen molar-refractivity contribution in [1.29, 1.82) is 0 Å². The zero-order valence-electron chi connectivity index (χ0n) is 12.6. The summed E-state index contributed by atoms with van der Waals surface area (Å²) in [4.78, 5) is 12.2. The maximum atomic E-state index is 12.2. The molecule has 1 aromatic carbocycles. The minimum absolute atomic E-state index is 0.189. The summed E-state index contributed by atoms with van der Waals surface area (Å²) in [7, 11) is -2.02. The van der Waals surface area contributed by atoms with Crippen LogP contribution in [0.5, 0.6) is 5.75 Å². The SMILES string of the molecule is COc1cc(NC(=O)c2oc(Br)cc2C)ccc1NS(C)(=O)=O. The summed E-state index contributed by atoms with van der Waals surface area (Å²) in [5.74, 6) is 0.0545. The highest BCUT2D eigenvalue weighted by Crippen LogP contribution is 2.29. The summed E-state index contributed by atoms with van der Waals surface area (Å²) in [5, 5.41) is 2.67. The largest absolute Gasteiger partial charge is 0.494 e. The first-order chi connectivity index (χ1) is 10.7. The second kappa shape index (κ2) is 6.63. The fourth-order valence-corrected chi connectivity index (χ4v) is 2.98. The Kier molecular flexibility index (Phi) is 5.00. The number of hydrogen-bond acceptors (Lipinski definition) is 5. The monoisotopic (exact) mass is 402 g/mol. The van der Waals surface area contributed by atoms with Gasteiger partial charge < -0.3 is 14.5 Å². The van der Waals surface area contributed by atoms with Gasteiger partial charge in [0.15, 0.2) is 10.4 Å². The number of benzene rings is 1. The van der Waals surface area contributed by atoms with Gasteiger partial charge in [0.2, 0.25) is 10.0 Å². The van der Waals surface area contributed by atoms with Crippen LogP contribution in [0.15, 0.2) is 33.4 Å². The van der Waals surface area contributed by atoms with E-state index in [4.69, 9.17) is 9.15 Å². The van der Waals surface area contributed by atoms with Crippen molar-refractivity contribution in [1.82, 2.24) is 0 Å². The number of methoxy groups -OCH3 is 1. The molecule has 0 unspecified atom stereocenters. The van der Waals surface area contributed by atoms with Crippen molar-refractivity contribution in [3.05, 3.63) is 40.3 Å². The van der Waals surface area contributed by atoms with Crippen LogP contribution in [0.3, 0.4) is 0 Å². The summed E-state index contributed by atoms with van der Waals surface area (Å²) in [6, 6.07) is 6.26. The Morgan fingerprint density at radius 1 is 1.30 bits per heavy atom. The number of ether oxygens (including phenoxy) is 1. The van der Waals surface area contributed by atoms with E-state index in [0.29, 0.717) is 15.9 Å². The molecule has 7 nitrogen and oxygen atoms in total. The zero-order chi connectivity index (χ0) is 17.2. The third-order valence-corrected chi connectivity index (χ3v) is 3.83. The highest BCUT2D eigenvalue weighted by Gasteiger charge is 2.16. The molecule has 1 aromatic heterocycles. The van der Waals surface area contributed by atoms with Gasteiger partial charge in [0, 0.05) is 17.3 Å². The van der Waals surface area contributed by atoms with E-state index < -0.39 is 15.9 Å². The molecule has 0 saturated heterocycles. The van der Waals surface area contributed by atoms with Crippen LogP contribution in [0, 0.1) is 6.92 Å². The third-order valence-electron chi connectivity index (χ3n) is 2.85. The van der Waals surface area contributed by atoms with Gasteiger partial charge in [-0.2, -0.15) is 0 Å². The predicted octanol–water partition coefficient (Wildman–Crippen LogP) is 2.98. The van der Waals surface area contributed by atoms with Crippen molar-refractivity contribution in [3.63, 3.8) is 0 Å². The van der Waals surface area contributed by atoms with Crippen LogP contribution in [0.2, 0.25) is 0 Å². The maximum Gasteiger partial charge on any atom is 0.291 e. The van der Waals surface area contributed by atoms with E-state index in [2.05, 4.69) is 26.0 Å². The predicted molar refractivity (Wildman–Crippen MR) is 90.6 cm³/mol. The van der Waals surface area contributed by atoms with Crippen LogP contribution in [0.25, 0.3) is 0 Å². The second-order valence-electron chi connectivity index (χ2n) is 4.81. The van der Waals surface area contributed by atoms with Crippen molar-refractivity contribution in [2.24, 2.45) is 0 Å². The fourth-order valence-electron chi connectivity index (χ4n) is 1.91. The number of aryl methyl sites for hydroxylation is 1. The van der Waals surface area contributed by atoms with E-state index in [9.17, 15) is 13.2 Å². The molecule has 0 atom stereocenters. The molecular weight excluding hydrogens is 388 g/mol. The van der Waals surface area contributed by atoms with E-state index in [1.165, 1.54) is 19.2 Å². The molecule has 124 valence electrons. The van der Waals surface area contributed by atoms with Gasteiger partial charge in [-0.25, -0.2) is 8.42 Å². The summed E-state index contributed by atoms with van der Waals surface area (Å²) in [6.45, 7) is 1.75. The standard InChI is InChI=1S/C14H15BrN2O5S/c1-8-6-12(15)22-13(8)14(18)16-9-4-5-10(11(7-9)21-2)17-23(3,19)20/h4-7,17H,1-3H3,(H,16,18). The van der Waals surface area contributed by atoms with Crippen LogP contribution < -0.4 is 14.8 Å². The quantitative estimate of drug-likeness (QED) is 0.800. The van der Waals surface area contributed by atoms with Crippen molar-refractivity contribution in [3.8, 4) is 5.75 Å². The van der Waals surface area contributed by atoms with Gasteiger partial charge in [-0.1, -0.05) is 0 Å². The van der Waals surface area contributed by atoms with E-state index >= 15 is 0 Å². The molecule has 0 radical (unpaired) electrons. The molecule has 9 heteroatoms. The van der Waals surface area contributed by atoms with Crippen LogP contribution in [-0.2, 0) is 10.0 Å². The first-order valence-electron chi connectivity index (χ1n) is 6.42. The van der Waals surface area contributed by atoms with E-state index in [1.807, 2.05) is 0 Å². The molecule has 0 spiro atoms. The number of anilines is 2. The Labute approximate surface area is 142 Å². The Morgan fingerprint density at radius 2 is 2.00 bits per heavy atom. The number of hydrogen-bond donors (Lipinski definition) is 2. The van der Waals surface area contributed by atoms with Crippen molar-refractivity contribution in [2.75, 3.05) is 23.4 Å². The molecule has 0 aliphatic carbocycles. The lowest BCUT2D eigenvalue weighted by Crippen LogP contribution is -2.13. The van der Waals surface area contributed by atoms with Gasteiger partial charge in [-0.3, -0.25) is 9.52 Å². The third kappa shape index (κ3) is 4.49. The topological polar surface area (TPSA) is 97.6 Å². The zero-order valence-corrected chi connectivity index (χ0v) is 15.0. The highest BCUT2D eigenvalue weighted by molar-refractivity contribution is 9.10. The number of furan rings is 1. The number of amides is 1. The Morgan fingerprint density at radius 3 is 2.52 bits per heavy atom.